The second kappa shape index (κ2) is 6.49. The molecular formula is C12H14ClFN2. The van der Waals surface area contributed by atoms with Gasteiger partial charge >= 0.3 is 0 Å². The average molecular weight is 241 g/mol. The molecule has 0 amide bonds. The molecule has 1 unspecified atom stereocenters. The molecule has 0 saturated heterocycles. The lowest BCUT2D eigenvalue weighted by molar-refractivity contribution is 0.519. The number of hydrazine groups is 1. The van der Waals surface area contributed by atoms with Gasteiger partial charge in [-0.25, -0.2) is 4.39 Å². The lowest BCUT2D eigenvalue weighted by atomic mass is 10.0. The van der Waals surface area contributed by atoms with Gasteiger partial charge in [0.15, 0.2) is 0 Å². The summed E-state index contributed by atoms with van der Waals surface area (Å²) in [7, 11) is 0. The van der Waals surface area contributed by atoms with Gasteiger partial charge in [0.05, 0.1) is 5.02 Å². The minimum atomic E-state index is -0.430. The Kier molecular flexibility index (Phi) is 5.27. The molecule has 0 aromatic heterocycles. The molecule has 1 rings (SSSR count). The molecule has 1 atom stereocenters. The van der Waals surface area contributed by atoms with Crippen LogP contribution in [0.3, 0.4) is 0 Å². The smallest absolute Gasteiger partial charge is 0.142 e. The third-order valence-electron chi connectivity index (χ3n) is 2.29. The maximum absolute atomic E-state index is 13.2. The number of hydrogen-bond donors (Lipinski definition) is 2. The maximum atomic E-state index is 13.2. The molecule has 0 bridgehead atoms. The summed E-state index contributed by atoms with van der Waals surface area (Å²) in [5.41, 5.74) is 3.29. The topological polar surface area (TPSA) is 38.0 Å². The van der Waals surface area contributed by atoms with Crippen LogP contribution in [0.25, 0.3) is 0 Å². The number of benzene rings is 1. The highest BCUT2D eigenvalue weighted by Gasteiger charge is 2.14. The van der Waals surface area contributed by atoms with Crippen molar-refractivity contribution in [1.82, 2.24) is 5.43 Å². The molecule has 0 radical (unpaired) electrons. The monoisotopic (exact) mass is 240 g/mol. The molecule has 4 heteroatoms. The molecule has 3 N–H and O–H groups in total. The van der Waals surface area contributed by atoms with E-state index < -0.39 is 5.82 Å². The standard InChI is InChI=1S/C12H14ClFN2/c1-2-3-4-8-11(16-15)9-6-5-7-10(14)12(9)13/h5-7,11,16H,4,8,15H2,1H3. The van der Waals surface area contributed by atoms with Crippen LogP contribution in [0.15, 0.2) is 18.2 Å². The summed E-state index contributed by atoms with van der Waals surface area (Å²) in [6.45, 7) is 1.78. The van der Waals surface area contributed by atoms with Crippen molar-refractivity contribution in [3.63, 3.8) is 0 Å². The maximum Gasteiger partial charge on any atom is 0.142 e. The summed E-state index contributed by atoms with van der Waals surface area (Å²) in [6.07, 6.45) is 1.39. The summed E-state index contributed by atoms with van der Waals surface area (Å²) in [6, 6.07) is 4.52. The highest BCUT2D eigenvalue weighted by Crippen LogP contribution is 2.27. The zero-order valence-corrected chi connectivity index (χ0v) is 9.81. The zero-order valence-electron chi connectivity index (χ0n) is 9.06. The fourth-order valence-electron chi connectivity index (χ4n) is 1.46. The molecule has 0 aliphatic carbocycles. The third-order valence-corrected chi connectivity index (χ3v) is 2.69. The van der Waals surface area contributed by atoms with Gasteiger partial charge in [-0.2, -0.15) is 0 Å². The molecular weight excluding hydrogens is 227 g/mol. The molecule has 0 aliphatic rings. The first-order valence-corrected chi connectivity index (χ1v) is 5.38. The minimum Gasteiger partial charge on any atom is -0.271 e. The van der Waals surface area contributed by atoms with Crippen molar-refractivity contribution in [3.05, 3.63) is 34.6 Å². The molecule has 1 aromatic carbocycles. The Labute approximate surface area is 99.9 Å². The predicted molar refractivity (Wildman–Crippen MR) is 64.2 cm³/mol. The van der Waals surface area contributed by atoms with Gasteiger partial charge in [-0.3, -0.25) is 11.3 Å². The Bertz CT molecular complexity index is 409. The molecule has 1 aromatic rings. The Hall–Kier alpha value is -1.08. The lowest BCUT2D eigenvalue weighted by Gasteiger charge is -2.16. The summed E-state index contributed by atoms with van der Waals surface area (Å²) in [5, 5.41) is 0.120. The van der Waals surface area contributed by atoms with Crippen LogP contribution in [0, 0.1) is 17.7 Å². The Morgan fingerprint density at radius 2 is 2.31 bits per heavy atom. The van der Waals surface area contributed by atoms with Crippen LogP contribution >= 0.6 is 11.6 Å². The first-order chi connectivity index (χ1) is 7.70. The van der Waals surface area contributed by atoms with Crippen molar-refractivity contribution in [1.29, 1.82) is 0 Å². The average Bonchev–Trinajstić information content (AvgIpc) is 2.29. The molecule has 0 spiro atoms. The van der Waals surface area contributed by atoms with Gasteiger partial charge in [0, 0.05) is 12.5 Å². The van der Waals surface area contributed by atoms with Crippen LogP contribution in [0.1, 0.15) is 31.4 Å². The van der Waals surface area contributed by atoms with Gasteiger partial charge in [0.2, 0.25) is 0 Å². The highest BCUT2D eigenvalue weighted by molar-refractivity contribution is 6.31. The van der Waals surface area contributed by atoms with E-state index >= 15 is 0 Å². The summed E-state index contributed by atoms with van der Waals surface area (Å²) < 4.78 is 13.2. The van der Waals surface area contributed by atoms with Crippen molar-refractivity contribution in [3.8, 4) is 11.8 Å². The largest absolute Gasteiger partial charge is 0.271 e. The second-order valence-corrected chi connectivity index (χ2v) is 3.71. The first-order valence-electron chi connectivity index (χ1n) is 5.00. The minimum absolute atomic E-state index is 0.120. The molecule has 0 fully saturated rings. The lowest BCUT2D eigenvalue weighted by Crippen LogP contribution is -2.28. The summed E-state index contributed by atoms with van der Waals surface area (Å²) in [5.74, 6) is 10.7. The van der Waals surface area contributed by atoms with Crippen LogP contribution in [-0.2, 0) is 0 Å². The van der Waals surface area contributed by atoms with Crippen LogP contribution in [0.2, 0.25) is 5.02 Å². The molecule has 2 nitrogen and oxygen atoms in total. The molecule has 86 valence electrons. The van der Waals surface area contributed by atoms with Crippen LogP contribution in [0.4, 0.5) is 4.39 Å². The van der Waals surface area contributed by atoms with Crippen LogP contribution < -0.4 is 11.3 Å². The first kappa shape index (κ1) is 13.0. The van der Waals surface area contributed by atoms with Crippen LogP contribution in [0.5, 0.6) is 0 Å². The highest BCUT2D eigenvalue weighted by atomic mass is 35.5. The van der Waals surface area contributed by atoms with E-state index in [4.69, 9.17) is 17.4 Å². The van der Waals surface area contributed by atoms with Crippen molar-refractivity contribution in [2.24, 2.45) is 5.84 Å². The SMILES string of the molecule is CC#CCCC(NN)c1cccc(F)c1Cl. The fraction of sp³-hybridized carbons (Fsp3) is 0.333. The van der Waals surface area contributed by atoms with Gasteiger partial charge in [-0.15, -0.1) is 11.8 Å². The normalized spacial score (nSPS) is 11.8. The number of hydrogen-bond acceptors (Lipinski definition) is 2. The van der Waals surface area contributed by atoms with E-state index in [0.29, 0.717) is 18.4 Å². The molecule has 0 heterocycles. The van der Waals surface area contributed by atoms with E-state index in [2.05, 4.69) is 17.3 Å². The Morgan fingerprint density at radius 3 is 2.94 bits per heavy atom. The molecule has 0 aliphatic heterocycles. The summed E-state index contributed by atoms with van der Waals surface area (Å²) in [4.78, 5) is 0. The van der Waals surface area contributed by atoms with E-state index in [-0.39, 0.29) is 11.1 Å². The van der Waals surface area contributed by atoms with Gasteiger partial charge in [0.25, 0.3) is 0 Å². The van der Waals surface area contributed by atoms with E-state index in [0.717, 1.165) is 0 Å². The van der Waals surface area contributed by atoms with Crippen molar-refractivity contribution in [2.75, 3.05) is 0 Å². The Balaban J connectivity index is 2.85. The van der Waals surface area contributed by atoms with E-state index in [1.54, 1.807) is 19.1 Å². The number of rotatable bonds is 4. The van der Waals surface area contributed by atoms with Gasteiger partial charge in [-0.1, -0.05) is 23.7 Å². The fourth-order valence-corrected chi connectivity index (χ4v) is 1.72. The number of nitrogens with two attached hydrogens (primary N) is 1. The van der Waals surface area contributed by atoms with E-state index in [1.165, 1.54) is 6.07 Å². The van der Waals surface area contributed by atoms with Gasteiger partial charge in [-0.05, 0) is 25.0 Å². The van der Waals surface area contributed by atoms with E-state index in [1.807, 2.05) is 0 Å². The third kappa shape index (κ3) is 3.21. The predicted octanol–water partition coefficient (Wildman–Crippen LogP) is 2.79. The number of halogens is 2. The number of nitrogens with one attached hydrogen (secondary N) is 1. The van der Waals surface area contributed by atoms with E-state index in [9.17, 15) is 4.39 Å². The molecule has 16 heavy (non-hydrogen) atoms. The Morgan fingerprint density at radius 1 is 1.56 bits per heavy atom. The van der Waals surface area contributed by atoms with Crippen molar-refractivity contribution < 1.29 is 4.39 Å². The van der Waals surface area contributed by atoms with Crippen LogP contribution in [-0.4, -0.2) is 0 Å². The van der Waals surface area contributed by atoms with Gasteiger partial charge < -0.3 is 0 Å². The van der Waals surface area contributed by atoms with Crippen molar-refractivity contribution in [2.45, 2.75) is 25.8 Å². The van der Waals surface area contributed by atoms with Crippen molar-refractivity contribution >= 4 is 11.6 Å². The zero-order chi connectivity index (χ0) is 12.0. The molecule has 0 saturated carbocycles. The second-order valence-electron chi connectivity index (χ2n) is 3.33. The quantitative estimate of drug-likeness (QED) is 0.483. The van der Waals surface area contributed by atoms with Gasteiger partial charge in [0.1, 0.15) is 5.82 Å². The summed E-state index contributed by atoms with van der Waals surface area (Å²) >= 11 is 5.87.